The van der Waals surface area contributed by atoms with Crippen LogP contribution in [0.15, 0.2) is 72.8 Å². The number of rotatable bonds is 8. The topological polar surface area (TPSA) is 49.4 Å². The highest BCUT2D eigenvalue weighted by molar-refractivity contribution is 5.96. The highest BCUT2D eigenvalue weighted by Gasteiger charge is 2.31. The molecule has 0 bridgehead atoms. The van der Waals surface area contributed by atoms with Crippen LogP contribution in [-0.4, -0.2) is 24.8 Å². The van der Waals surface area contributed by atoms with E-state index in [4.69, 9.17) is 0 Å². The normalized spacial score (nSPS) is 15.7. The summed E-state index contributed by atoms with van der Waals surface area (Å²) in [4.78, 5) is 26.5. The average molecular weight is 495 g/mol. The Morgan fingerprint density at radius 3 is 2.22 bits per heavy atom. The molecular formula is C29H29F3N2O2. The summed E-state index contributed by atoms with van der Waals surface area (Å²) in [7, 11) is 0. The maximum absolute atomic E-state index is 12.8. The first-order chi connectivity index (χ1) is 17.2. The number of nitrogens with zero attached hydrogens (tertiary/aromatic N) is 1. The Labute approximate surface area is 209 Å². The molecular weight excluding hydrogens is 465 g/mol. The van der Waals surface area contributed by atoms with Gasteiger partial charge in [0.05, 0.1) is 12.0 Å². The zero-order chi connectivity index (χ0) is 25.7. The number of halogens is 3. The van der Waals surface area contributed by atoms with Crippen molar-refractivity contribution in [2.75, 3.05) is 23.3 Å². The third-order valence-electron chi connectivity index (χ3n) is 6.53. The van der Waals surface area contributed by atoms with Crippen molar-refractivity contribution in [2.24, 2.45) is 0 Å². The zero-order valence-electron chi connectivity index (χ0n) is 20.1. The first-order valence-corrected chi connectivity index (χ1v) is 12.2. The predicted octanol–water partition coefficient (Wildman–Crippen LogP) is 6.86. The Morgan fingerprint density at radius 2 is 1.61 bits per heavy atom. The fourth-order valence-corrected chi connectivity index (χ4v) is 4.54. The van der Waals surface area contributed by atoms with Gasteiger partial charge in [0, 0.05) is 42.4 Å². The molecule has 1 fully saturated rings. The van der Waals surface area contributed by atoms with Crippen molar-refractivity contribution in [3.05, 3.63) is 95.1 Å². The fraction of sp³-hybridized carbons (Fsp3) is 0.310. The molecule has 1 saturated heterocycles. The third-order valence-corrected chi connectivity index (χ3v) is 6.53. The fourth-order valence-electron chi connectivity index (χ4n) is 4.54. The van der Waals surface area contributed by atoms with Crippen LogP contribution in [0, 0.1) is 0 Å². The molecule has 1 unspecified atom stereocenters. The van der Waals surface area contributed by atoms with E-state index in [1.807, 2.05) is 43.3 Å². The lowest BCUT2D eigenvalue weighted by Gasteiger charge is -2.19. The monoisotopic (exact) mass is 494 g/mol. The zero-order valence-corrected chi connectivity index (χ0v) is 20.1. The first-order valence-electron chi connectivity index (χ1n) is 12.2. The number of ketones is 1. The van der Waals surface area contributed by atoms with Gasteiger partial charge in [0.1, 0.15) is 0 Å². The maximum Gasteiger partial charge on any atom is 0.416 e. The Kier molecular flexibility index (Phi) is 7.77. The summed E-state index contributed by atoms with van der Waals surface area (Å²) in [6, 6.07) is 20.2. The summed E-state index contributed by atoms with van der Waals surface area (Å²) in [5.41, 5.74) is 3.49. The van der Waals surface area contributed by atoms with Gasteiger partial charge in [0.25, 0.3) is 0 Å². The molecule has 0 aliphatic carbocycles. The van der Waals surface area contributed by atoms with Crippen molar-refractivity contribution in [1.82, 2.24) is 0 Å². The molecule has 1 N–H and O–H groups in total. The number of nitrogens with one attached hydrogen (secondary N) is 1. The Balaban J connectivity index is 1.30. The minimum atomic E-state index is -4.33. The van der Waals surface area contributed by atoms with Crippen LogP contribution in [0.4, 0.5) is 24.5 Å². The molecule has 1 atom stereocenters. The number of benzene rings is 3. The molecule has 7 heteroatoms. The van der Waals surface area contributed by atoms with Crippen molar-refractivity contribution < 1.29 is 22.8 Å². The Bertz CT molecular complexity index is 1190. The molecule has 3 aromatic rings. The lowest BCUT2D eigenvalue weighted by Crippen LogP contribution is -2.19. The number of anilines is 2. The van der Waals surface area contributed by atoms with Gasteiger partial charge in [-0.1, -0.05) is 43.3 Å². The van der Waals surface area contributed by atoms with Gasteiger partial charge in [-0.3, -0.25) is 9.59 Å². The summed E-state index contributed by atoms with van der Waals surface area (Å²) in [6.45, 7) is 3.47. The van der Waals surface area contributed by atoms with Gasteiger partial charge in [0.2, 0.25) is 5.91 Å². The standard InChI is InChI=1S/C29H29F3N2O2/c1-2-3-27(35)22-6-4-20(5-7-22)18-28(36)33-25-12-8-21(9-13-25)23-16-17-34(19-23)26-14-10-24(11-15-26)29(30,31)32/h4-15,23H,2-3,16-19H2,1H3,(H,33,36). The molecule has 0 spiro atoms. The molecule has 0 aromatic heterocycles. The van der Waals surface area contributed by atoms with Crippen molar-refractivity contribution in [3.8, 4) is 0 Å². The quantitative estimate of drug-likeness (QED) is 0.348. The smallest absolute Gasteiger partial charge is 0.371 e. The van der Waals surface area contributed by atoms with Crippen LogP contribution < -0.4 is 10.2 Å². The van der Waals surface area contributed by atoms with Crippen molar-refractivity contribution in [2.45, 2.75) is 44.7 Å². The minimum Gasteiger partial charge on any atom is -0.371 e. The molecule has 0 radical (unpaired) electrons. The lowest BCUT2D eigenvalue weighted by molar-refractivity contribution is -0.137. The average Bonchev–Trinajstić information content (AvgIpc) is 3.35. The van der Waals surface area contributed by atoms with Gasteiger partial charge in [-0.05, 0) is 60.4 Å². The van der Waals surface area contributed by atoms with Gasteiger partial charge >= 0.3 is 6.18 Å². The third kappa shape index (κ3) is 6.33. The van der Waals surface area contributed by atoms with Crippen LogP contribution >= 0.6 is 0 Å². The van der Waals surface area contributed by atoms with E-state index in [2.05, 4.69) is 10.2 Å². The highest BCUT2D eigenvalue weighted by atomic mass is 19.4. The molecule has 1 heterocycles. The second-order valence-corrected chi connectivity index (χ2v) is 9.19. The SMILES string of the molecule is CCCC(=O)c1ccc(CC(=O)Nc2ccc(C3CCN(c4ccc(C(F)(F)F)cc4)C3)cc2)cc1. The molecule has 1 amide bonds. The second-order valence-electron chi connectivity index (χ2n) is 9.19. The summed E-state index contributed by atoms with van der Waals surface area (Å²) in [5, 5.41) is 2.91. The molecule has 188 valence electrons. The summed E-state index contributed by atoms with van der Waals surface area (Å²) in [5.74, 6) is 0.244. The van der Waals surface area contributed by atoms with Crippen LogP contribution in [0.1, 0.15) is 59.2 Å². The van der Waals surface area contributed by atoms with Crippen LogP contribution in [-0.2, 0) is 17.4 Å². The van der Waals surface area contributed by atoms with E-state index < -0.39 is 11.7 Å². The summed E-state index contributed by atoms with van der Waals surface area (Å²) < 4.78 is 38.4. The van der Waals surface area contributed by atoms with Crippen LogP contribution in [0.5, 0.6) is 0 Å². The number of hydrogen-bond acceptors (Lipinski definition) is 3. The molecule has 1 aliphatic heterocycles. The van der Waals surface area contributed by atoms with E-state index >= 15 is 0 Å². The second kappa shape index (κ2) is 11.0. The minimum absolute atomic E-state index is 0.110. The number of Topliss-reactive ketones (excluding diaryl/α,β-unsaturated/α-hetero) is 1. The van der Waals surface area contributed by atoms with E-state index in [-0.39, 0.29) is 24.0 Å². The van der Waals surface area contributed by atoms with Crippen molar-refractivity contribution >= 4 is 23.1 Å². The van der Waals surface area contributed by atoms with E-state index in [0.717, 1.165) is 54.9 Å². The number of alkyl halides is 3. The number of hydrogen-bond donors (Lipinski definition) is 1. The highest BCUT2D eigenvalue weighted by Crippen LogP contribution is 2.34. The van der Waals surface area contributed by atoms with E-state index in [1.54, 1.807) is 12.1 Å². The van der Waals surface area contributed by atoms with Crippen molar-refractivity contribution in [1.29, 1.82) is 0 Å². The Morgan fingerprint density at radius 1 is 0.944 bits per heavy atom. The largest absolute Gasteiger partial charge is 0.416 e. The number of amides is 1. The van der Waals surface area contributed by atoms with Gasteiger partial charge in [-0.2, -0.15) is 13.2 Å². The van der Waals surface area contributed by atoms with Crippen molar-refractivity contribution in [3.63, 3.8) is 0 Å². The Hall–Kier alpha value is -3.61. The summed E-state index contributed by atoms with van der Waals surface area (Å²) >= 11 is 0. The molecule has 1 aliphatic rings. The van der Waals surface area contributed by atoms with Crippen LogP contribution in [0.3, 0.4) is 0 Å². The van der Waals surface area contributed by atoms with Gasteiger partial charge in [-0.15, -0.1) is 0 Å². The summed E-state index contributed by atoms with van der Waals surface area (Å²) in [6.07, 6.45) is -1.88. The van der Waals surface area contributed by atoms with Crippen LogP contribution in [0.2, 0.25) is 0 Å². The van der Waals surface area contributed by atoms with Crippen LogP contribution in [0.25, 0.3) is 0 Å². The predicted molar refractivity (Wildman–Crippen MR) is 135 cm³/mol. The van der Waals surface area contributed by atoms with E-state index in [1.165, 1.54) is 12.1 Å². The maximum atomic E-state index is 12.8. The molecule has 4 nitrogen and oxygen atoms in total. The number of carbonyl (C=O) groups excluding carboxylic acids is 2. The number of carbonyl (C=O) groups is 2. The molecule has 3 aromatic carbocycles. The first kappa shape index (κ1) is 25.5. The van der Waals surface area contributed by atoms with E-state index in [0.29, 0.717) is 17.7 Å². The molecule has 4 rings (SSSR count). The molecule has 36 heavy (non-hydrogen) atoms. The van der Waals surface area contributed by atoms with Gasteiger partial charge in [0.15, 0.2) is 5.78 Å². The van der Waals surface area contributed by atoms with Gasteiger partial charge in [-0.25, -0.2) is 0 Å². The van der Waals surface area contributed by atoms with E-state index in [9.17, 15) is 22.8 Å². The molecule has 0 saturated carbocycles. The van der Waals surface area contributed by atoms with Gasteiger partial charge < -0.3 is 10.2 Å². The lowest BCUT2D eigenvalue weighted by atomic mass is 9.98.